The van der Waals surface area contributed by atoms with E-state index in [1.807, 2.05) is 42.5 Å². The van der Waals surface area contributed by atoms with Crippen molar-refractivity contribution in [1.29, 1.82) is 0 Å². The lowest BCUT2D eigenvalue weighted by Gasteiger charge is -2.25. The van der Waals surface area contributed by atoms with Crippen LogP contribution in [0, 0.1) is 0 Å². The molecular weight excluding hydrogens is 296 g/mol. The monoisotopic (exact) mass is 312 g/mol. The van der Waals surface area contributed by atoms with Crippen LogP contribution in [0.1, 0.15) is 5.56 Å². The van der Waals surface area contributed by atoms with Gasteiger partial charge in [0, 0.05) is 0 Å². The number of hydrogen-bond acceptors (Lipinski definition) is 4. The Balaban J connectivity index is 1.48. The van der Waals surface area contributed by atoms with Crippen LogP contribution in [0.5, 0.6) is 5.75 Å². The topological polar surface area (TPSA) is 76.7 Å². The van der Waals surface area contributed by atoms with E-state index in [0.29, 0.717) is 11.4 Å². The van der Waals surface area contributed by atoms with Crippen molar-refractivity contribution < 1.29 is 19.1 Å². The molecule has 0 aromatic heterocycles. The number of fused-ring (bicyclic) bond motifs is 1. The molecule has 1 heterocycles. The standard InChI is InChI=1S/C17H16N2O4/c20-16-15(23-14-9-5-4-8-13(14)19-16)10-18-17(21)22-11-12-6-2-1-3-7-12/h1-9,15H,10-11H2,(H,18,21)(H,19,20). The highest BCUT2D eigenvalue weighted by atomic mass is 16.5. The Labute approximate surface area is 133 Å². The number of amides is 2. The van der Waals surface area contributed by atoms with E-state index in [-0.39, 0.29) is 19.1 Å². The van der Waals surface area contributed by atoms with E-state index in [2.05, 4.69) is 10.6 Å². The predicted molar refractivity (Wildman–Crippen MR) is 84.1 cm³/mol. The van der Waals surface area contributed by atoms with Crippen molar-refractivity contribution in [3.63, 3.8) is 0 Å². The molecule has 1 aliphatic rings. The number of carbonyl (C=O) groups excluding carboxylic acids is 2. The summed E-state index contributed by atoms with van der Waals surface area (Å²) < 4.78 is 10.7. The predicted octanol–water partition coefficient (Wildman–Crippen LogP) is 2.31. The van der Waals surface area contributed by atoms with Gasteiger partial charge in [0.1, 0.15) is 12.4 Å². The minimum Gasteiger partial charge on any atom is -0.477 e. The molecule has 1 atom stereocenters. The summed E-state index contributed by atoms with van der Waals surface area (Å²) in [6, 6.07) is 16.5. The molecule has 1 unspecified atom stereocenters. The molecular formula is C17H16N2O4. The van der Waals surface area contributed by atoms with Crippen LogP contribution in [0.3, 0.4) is 0 Å². The third-order valence-electron chi connectivity index (χ3n) is 3.35. The second-order valence-electron chi connectivity index (χ2n) is 5.03. The van der Waals surface area contributed by atoms with Crippen LogP contribution in [0.2, 0.25) is 0 Å². The third kappa shape index (κ3) is 3.79. The van der Waals surface area contributed by atoms with Gasteiger partial charge in [0.05, 0.1) is 12.2 Å². The molecule has 6 nitrogen and oxygen atoms in total. The maximum Gasteiger partial charge on any atom is 0.407 e. The van der Waals surface area contributed by atoms with Gasteiger partial charge in [-0.15, -0.1) is 0 Å². The Hall–Kier alpha value is -3.02. The van der Waals surface area contributed by atoms with Crippen LogP contribution in [0.4, 0.5) is 10.5 Å². The number of benzene rings is 2. The maximum atomic E-state index is 11.9. The normalized spacial score (nSPS) is 15.8. The molecule has 0 saturated carbocycles. The lowest BCUT2D eigenvalue weighted by atomic mass is 10.2. The highest BCUT2D eigenvalue weighted by Gasteiger charge is 2.27. The highest BCUT2D eigenvalue weighted by Crippen LogP contribution is 2.28. The number of anilines is 1. The van der Waals surface area contributed by atoms with Crippen LogP contribution in [-0.2, 0) is 16.1 Å². The summed E-state index contributed by atoms with van der Waals surface area (Å²) >= 11 is 0. The number of para-hydroxylation sites is 2. The van der Waals surface area contributed by atoms with Crippen LogP contribution >= 0.6 is 0 Å². The molecule has 2 aromatic rings. The fraction of sp³-hybridized carbons (Fsp3) is 0.176. The van der Waals surface area contributed by atoms with Crippen LogP contribution in [0.15, 0.2) is 54.6 Å². The van der Waals surface area contributed by atoms with Gasteiger partial charge in [-0.3, -0.25) is 4.79 Å². The number of carbonyl (C=O) groups is 2. The molecule has 0 fully saturated rings. The van der Waals surface area contributed by atoms with E-state index in [9.17, 15) is 9.59 Å². The number of hydrogen-bond donors (Lipinski definition) is 2. The van der Waals surface area contributed by atoms with Gasteiger partial charge in [-0.1, -0.05) is 42.5 Å². The summed E-state index contributed by atoms with van der Waals surface area (Å²) in [5, 5.41) is 5.27. The zero-order valence-electron chi connectivity index (χ0n) is 12.3. The second kappa shape index (κ2) is 6.83. The molecule has 0 saturated heterocycles. The van der Waals surface area contributed by atoms with E-state index in [1.165, 1.54) is 0 Å². The average molecular weight is 312 g/mol. The Morgan fingerprint density at radius 3 is 2.70 bits per heavy atom. The van der Waals surface area contributed by atoms with Gasteiger partial charge < -0.3 is 20.1 Å². The first-order valence-corrected chi connectivity index (χ1v) is 7.23. The Bertz CT molecular complexity index is 703. The SMILES string of the molecule is O=C(NCC1Oc2ccccc2NC1=O)OCc1ccccc1. The first-order valence-electron chi connectivity index (χ1n) is 7.23. The van der Waals surface area contributed by atoms with Crippen molar-refractivity contribution in [3.8, 4) is 5.75 Å². The van der Waals surface area contributed by atoms with E-state index in [4.69, 9.17) is 9.47 Å². The van der Waals surface area contributed by atoms with Crippen LogP contribution < -0.4 is 15.4 Å². The molecule has 0 aliphatic carbocycles. The van der Waals surface area contributed by atoms with Gasteiger partial charge in [0.25, 0.3) is 5.91 Å². The summed E-state index contributed by atoms with van der Waals surface area (Å²) in [6.45, 7) is 0.209. The summed E-state index contributed by atoms with van der Waals surface area (Å²) in [7, 11) is 0. The number of rotatable bonds is 4. The van der Waals surface area contributed by atoms with Crippen LogP contribution in [-0.4, -0.2) is 24.6 Å². The zero-order valence-corrected chi connectivity index (χ0v) is 12.3. The molecule has 0 spiro atoms. The molecule has 6 heteroatoms. The summed E-state index contributed by atoms with van der Waals surface area (Å²) in [5.74, 6) is 0.281. The molecule has 23 heavy (non-hydrogen) atoms. The summed E-state index contributed by atoms with van der Waals surface area (Å²) in [6.07, 6.45) is -1.38. The van der Waals surface area contributed by atoms with Gasteiger partial charge in [-0.25, -0.2) is 4.79 Å². The molecule has 3 rings (SSSR count). The number of nitrogens with one attached hydrogen (secondary N) is 2. The molecule has 118 valence electrons. The first kappa shape index (κ1) is 14.9. The Morgan fingerprint density at radius 2 is 1.87 bits per heavy atom. The van der Waals surface area contributed by atoms with Crippen molar-refractivity contribution in [2.45, 2.75) is 12.7 Å². The van der Waals surface area contributed by atoms with Crippen molar-refractivity contribution in [3.05, 3.63) is 60.2 Å². The zero-order chi connectivity index (χ0) is 16.1. The minimum absolute atomic E-state index is 0.0355. The smallest absolute Gasteiger partial charge is 0.407 e. The number of ether oxygens (including phenoxy) is 2. The molecule has 1 aliphatic heterocycles. The lowest BCUT2D eigenvalue weighted by molar-refractivity contribution is -0.123. The van der Waals surface area contributed by atoms with Crippen molar-refractivity contribution >= 4 is 17.7 Å². The largest absolute Gasteiger partial charge is 0.477 e. The van der Waals surface area contributed by atoms with Gasteiger partial charge in [-0.05, 0) is 17.7 Å². The van der Waals surface area contributed by atoms with Gasteiger partial charge in [0.2, 0.25) is 0 Å². The third-order valence-corrected chi connectivity index (χ3v) is 3.35. The highest BCUT2D eigenvalue weighted by molar-refractivity contribution is 5.98. The first-order chi connectivity index (χ1) is 11.2. The Kier molecular flexibility index (Phi) is 4.42. The van der Waals surface area contributed by atoms with E-state index < -0.39 is 12.2 Å². The van der Waals surface area contributed by atoms with Crippen LogP contribution in [0.25, 0.3) is 0 Å². The average Bonchev–Trinajstić information content (AvgIpc) is 2.59. The van der Waals surface area contributed by atoms with Crippen molar-refractivity contribution in [2.24, 2.45) is 0 Å². The summed E-state index contributed by atoms with van der Waals surface area (Å²) in [4.78, 5) is 23.6. The fourth-order valence-corrected chi connectivity index (χ4v) is 2.18. The van der Waals surface area contributed by atoms with E-state index in [0.717, 1.165) is 5.56 Å². The van der Waals surface area contributed by atoms with E-state index >= 15 is 0 Å². The maximum absolute atomic E-state index is 11.9. The van der Waals surface area contributed by atoms with Crippen molar-refractivity contribution in [2.75, 3.05) is 11.9 Å². The van der Waals surface area contributed by atoms with Gasteiger partial charge in [0.15, 0.2) is 6.10 Å². The minimum atomic E-state index is -0.783. The molecule has 2 aromatic carbocycles. The number of alkyl carbamates (subject to hydrolysis) is 1. The molecule has 2 amide bonds. The van der Waals surface area contributed by atoms with E-state index in [1.54, 1.807) is 12.1 Å². The molecule has 0 bridgehead atoms. The Morgan fingerprint density at radius 1 is 1.13 bits per heavy atom. The molecule has 2 N–H and O–H groups in total. The summed E-state index contributed by atoms with van der Waals surface area (Å²) in [5.41, 5.74) is 1.52. The van der Waals surface area contributed by atoms with Gasteiger partial charge in [-0.2, -0.15) is 0 Å². The van der Waals surface area contributed by atoms with Crippen molar-refractivity contribution in [1.82, 2.24) is 5.32 Å². The lowest BCUT2D eigenvalue weighted by Crippen LogP contribution is -2.45. The quantitative estimate of drug-likeness (QED) is 0.908. The van der Waals surface area contributed by atoms with Gasteiger partial charge >= 0.3 is 6.09 Å². The second-order valence-corrected chi connectivity index (χ2v) is 5.03. The molecule has 0 radical (unpaired) electrons. The fourth-order valence-electron chi connectivity index (χ4n) is 2.18.